The van der Waals surface area contributed by atoms with E-state index in [0.29, 0.717) is 0 Å². The van der Waals surface area contributed by atoms with Gasteiger partial charge in [0.05, 0.1) is 16.3 Å². The predicted octanol–water partition coefficient (Wildman–Crippen LogP) is 3.31. The molecule has 0 radical (unpaired) electrons. The summed E-state index contributed by atoms with van der Waals surface area (Å²) in [7, 11) is -7.83. The smallest absolute Gasteiger partial charge is 0.218 e. The summed E-state index contributed by atoms with van der Waals surface area (Å²) in [5.74, 6) is 0. The van der Waals surface area contributed by atoms with Gasteiger partial charge < -0.3 is 0 Å². The van der Waals surface area contributed by atoms with Crippen LogP contribution in [0.25, 0.3) is 0 Å². The van der Waals surface area contributed by atoms with Gasteiger partial charge in [-0.05, 0) is 31.2 Å². The lowest BCUT2D eigenvalue weighted by molar-refractivity contribution is 0.470. The molecule has 2 aromatic rings. The van der Waals surface area contributed by atoms with Gasteiger partial charge in [0.2, 0.25) is 19.9 Å². The SMILES string of the molecule is C=C=C(CN(CC=C)S(=O)(=O)c1ccc(C)cc1)S(=O)(=O)c1ccccc1. The summed E-state index contributed by atoms with van der Waals surface area (Å²) in [4.78, 5) is -0.0795. The van der Waals surface area contributed by atoms with Gasteiger partial charge in [0.15, 0.2) is 0 Å². The number of sulfone groups is 1. The van der Waals surface area contributed by atoms with Crippen LogP contribution in [0.15, 0.2) is 94.3 Å². The quantitative estimate of drug-likeness (QED) is 0.501. The molecule has 0 bridgehead atoms. The van der Waals surface area contributed by atoms with Crippen molar-refractivity contribution in [2.75, 3.05) is 13.1 Å². The molecule has 0 saturated heterocycles. The third kappa shape index (κ3) is 4.64. The maximum Gasteiger partial charge on any atom is 0.243 e. The zero-order valence-corrected chi connectivity index (χ0v) is 16.6. The first-order valence-electron chi connectivity index (χ1n) is 8.10. The molecular formula is C20H21NO4S2. The summed E-state index contributed by atoms with van der Waals surface area (Å²) in [6.45, 7) is 8.43. The van der Waals surface area contributed by atoms with Crippen LogP contribution in [0, 0.1) is 6.92 Å². The van der Waals surface area contributed by atoms with Crippen molar-refractivity contribution in [3.05, 3.63) is 90.0 Å². The number of rotatable bonds is 8. The average molecular weight is 404 g/mol. The van der Waals surface area contributed by atoms with Gasteiger partial charge in [0.25, 0.3) is 0 Å². The number of nitrogens with zero attached hydrogens (tertiary/aromatic N) is 1. The van der Waals surface area contributed by atoms with E-state index in [1.54, 1.807) is 30.3 Å². The zero-order chi connectivity index (χ0) is 20.1. The Balaban J connectivity index is 2.44. The van der Waals surface area contributed by atoms with Gasteiger partial charge >= 0.3 is 0 Å². The van der Waals surface area contributed by atoms with Crippen molar-refractivity contribution >= 4 is 19.9 Å². The molecule has 0 heterocycles. The van der Waals surface area contributed by atoms with Crippen molar-refractivity contribution in [3.63, 3.8) is 0 Å². The van der Waals surface area contributed by atoms with Crippen LogP contribution < -0.4 is 0 Å². The van der Waals surface area contributed by atoms with Gasteiger partial charge in [-0.2, -0.15) is 4.31 Å². The van der Waals surface area contributed by atoms with E-state index in [1.807, 2.05) is 6.92 Å². The monoisotopic (exact) mass is 403 g/mol. The lowest BCUT2D eigenvalue weighted by Gasteiger charge is -2.21. The molecule has 0 aliphatic heterocycles. The second-order valence-electron chi connectivity index (χ2n) is 5.82. The number of hydrogen-bond acceptors (Lipinski definition) is 4. The van der Waals surface area contributed by atoms with E-state index in [0.717, 1.165) is 9.87 Å². The lowest BCUT2D eigenvalue weighted by Crippen LogP contribution is -2.34. The molecule has 0 atom stereocenters. The van der Waals surface area contributed by atoms with Crippen LogP contribution >= 0.6 is 0 Å². The van der Waals surface area contributed by atoms with E-state index in [1.165, 1.54) is 30.3 Å². The fourth-order valence-electron chi connectivity index (χ4n) is 2.39. The molecule has 0 saturated carbocycles. The van der Waals surface area contributed by atoms with Crippen LogP contribution in [0.1, 0.15) is 5.56 Å². The zero-order valence-electron chi connectivity index (χ0n) is 15.0. The van der Waals surface area contributed by atoms with Gasteiger partial charge in [-0.3, -0.25) is 0 Å². The third-order valence-electron chi connectivity index (χ3n) is 3.89. The molecule has 0 unspecified atom stereocenters. The van der Waals surface area contributed by atoms with Gasteiger partial charge in [0.1, 0.15) is 4.91 Å². The molecule has 0 N–H and O–H groups in total. The number of benzene rings is 2. The molecule has 0 amide bonds. The van der Waals surface area contributed by atoms with Crippen LogP contribution in [-0.4, -0.2) is 34.2 Å². The minimum absolute atomic E-state index is 0.0499. The highest BCUT2D eigenvalue weighted by Gasteiger charge is 2.29. The molecule has 0 aliphatic rings. The van der Waals surface area contributed by atoms with Crippen LogP contribution in [0.2, 0.25) is 0 Å². The Kier molecular flexibility index (Phi) is 6.57. The second kappa shape index (κ2) is 8.50. The molecule has 0 aliphatic carbocycles. The second-order valence-corrected chi connectivity index (χ2v) is 9.72. The summed E-state index contributed by atoms with van der Waals surface area (Å²) >= 11 is 0. The highest BCUT2D eigenvalue weighted by atomic mass is 32.2. The molecular weight excluding hydrogens is 382 g/mol. The first kappa shape index (κ1) is 20.9. The molecule has 2 aromatic carbocycles. The molecule has 5 nitrogen and oxygen atoms in total. The van der Waals surface area contributed by atoms with E-state index in [4.69, 9.17) is 0 Å². The van der Waals surface area contributed by atoms with Crippen molar-refractivity contribution in [1.29, 1.82) is 0 Å². The topological polar surface area (TPSA) is 71.5 Å². The first-order chi connectivity index (χ1) is 12.7. The summed E-state index contributed by atoms with van der Waals surface area (Å²) in [6.07, 6.45) is 1.40. The van der Waals surface area contributed by atoms with Crippen LogP contribution in [-0.2, 0) is 19.9 Å². The molecule has 7 heteroatoms. The van der Waals surface area contributed by atoms with Gasteiger partial charge in [-0.15, -0.1) is 12.3 Å². The average Bonchev–Trinajstić information content (AvgIpc) is 2.65. The fraction of sp³-hybridized carbons (Fsp3) is 0.150. The van der Waals surface area contributed by atoms with Crippen molar-refractivity contribution in [1.82, 2.24) is 4.31 Å². The van der Waals surface area contributed by atoms with Crippen LogP contribution in [0.3, 0.4) is 0 Å². The molecule has 142 valence electrons. The Hall–Kier alpha value is -2.44. The summed E-state index contributed by atoms with van der Waals surface area (Å²) in [5, 5.41) is 0. The standard InChI is InChI=1S/C20H21NO4S2/c1-4-15-21(27(24,25)20-13-11-17(3)12-14-20)16-18(5-2)26(22,23)19-9-7-6-8-10-19/h4,6-14H,1-2,15-16H2,3H3. The predicted molar refractivity (Wildman–Crippen MR) is 106 cm³/mol. The van der Waals surface area contributed by atoms with E-state index < -0.39 is 19.9 Å². The fourth-order valence-corrected chi connectivity index (χ4v) is 5.17. The Morgan fingerprint density at radius 1 is 1.00 bits per heavy atom. The largest absolute Gasteiger partial charge is 0.243 e. The van der Waals surface area contributed by atoms with Gasteiger partial charge in [-0.25, -0.2) is 16.8 Å². The first-order valence-corrected chi connectivity index (χ1v) is 11.0. The van der Waals surface area contributed by atoms with Crippen molar-refractivity contribution in [2.24, 2.45) is 0 Å². The lowest BCUT2D eigenvalue weighted by atomic mass is 10.2. The third-order valence-corrected chi connectivity index (χ3v) is 7.53. The highest BCUT2D eigenvalue weighted by Crippen LogP contribution is 2.23. The van der Waals surface area contributed by atoms with E-state index >= 15 is 0 Å². The normalized spacial score (nSPS) is 11.8. The van der Waals surface area contributed by atoms with E-state index in [2.05, 4.69) is 18.9 Å². The Morgan fingerprint density at radius 2 is 1.59 bits per heavy atom. The molecule has 27 heavy (non-hydrogen) atoms. The highest BCUT2D eigenvalue weighted by molar-refractivity contribution is 7.95. The van der Waals surface area contributed by atoms with Crippen molar-refractivity contribution in [2.45, 2.75) is 16.7 Å². The van der Waals surface area contributed by atoms with Gasteiger partial charge in [0, 0.05) is 6.54 Å². The Morgan fingerprint density at radius 3 is 2.11 bits per heavy atom. The molecule has 2 rings (SSSR count). The maximum absolute atomic E-state index is 13.0. The minimum Gasteiger partial charge on any atom is -0.218 e. The van der Waals surface area contributed by atoms with Crippen molar-refractivity contribution in [3.8, 4) is 0 Å². The Labute approximate surface area is 160 Å². The van der Waals surface area contributed by atoms with E-state index in [9.17, 15) is 16.8 Å². The number of aryl methyl sites for hydroxylation is 1. The maximum atomic E-state index is 13.0. The molecule has 0 aromatic heterocycles. The molecule has 0 spiro atoms. The van der Waals surface area contributed by atoms with Crippen LogP contribution in [0.4, 0.5) is 0 Å². The van der Waals surface area contributed by atoms with E-state index in [-0.39, 0.29) is 27.8 Å². The molecule has 0 fully saturated rings. The summed E-state index contributed by atoms with van der Waals surface area (Å²) < 4.78 is 52.6. The summed E-state index contributed by atoms with van der Waals surface area (Å²) in [5.41, 5.74) is 3.32. The number of sulfonamides is 1. The van der Waals surface area contributed by atoms with Crippen molar-refractivity contribution < 1.29 is 16.8 Å². The number of hydrogen-bond donors (Lipinski definition) is 0. The summed E-state index contributed by atoms with van der Waals surface area (Å²) in [6, 6.07) is 14.1. The minimum atomic E-state index is -3.92. The Bertz CT molecular complexity index is 1060. The van der Waals surface area contributed by atoms with Gasteiger partial charge in [-0.1, -0.05) is 48.6 Å². The van der Waals surface area contributed by atoms with Crippen LogP contribution in [0.5, 0.6) is 0 Å².